The lowest BCUT2D eigenvalue weighted by Gasteiger charge is -2.00. The molecule has 0 saturated carbocycles. The summed E-state index contributed by atoms with van der Waals surface area (Å²) in [5, 5.41) is 4.08. The molecule has 0 atom stereocenters. The van der Waals surface area contributed by atoms with Gasteiger partial charge in [-0.2, -0.15) is 11.3 Å². The van der Waals surface area contributed by atoms with Crippen LogP contribution >= 0.6 is 11.3 Å². The molecule has 2 rings (SSSR count). The van der Waals surface area contributed by atoms with Crippen LogP contribution in [-0.2, 0) is 6.54 Å². The summed E-state index contributed by atoms with van der Waals surface area (Å²) in [6, 6.07) is 2.04. The van der Waals surface area contributed by atoms with Gasteiger partial charge in [-0.05, 0) is 22.4 Å². The van der Waals surface area contributed by atoms with Gasteiger partial charge in [-0.15, -0.1) is 0 Å². The Labute approximate surface area is 79.7 Å². The predicted molar refractivity (Wildman–Crippen MR) is 51.0 cm³/mol. The maximum atomic E-state index is 10.5. The van der Waals surface area contributed by atoms with Gasteiger partial charge in [0, 0.05) is 18.9 Å². The molecule has 2 aromatic heterocycles. The zero-order chi connectivity index (χ0) is 9.10. The Morgan fingerprint density at radius 2 is 2.54 bits per heavy atom. The molecule has 0 spiro atoms. The van der Waals surface area contributed by atoms with Crippen LogP contribution in [0.2, 0.25) is 0 Å². The zero-order valence-electron chi connectivity index (χ0n) is 6.88. The predicted octanol–water partition coefficient (Wildman–Crippen LogP) is 1.81. The van der Waals surface area contributed by atoms with E-state index >= 15 is 0 Å². The molecule has 66 valence electrons. The fourth-order valence-electron chi connectivity index (χ4n) is 1.15. The van der Waals surface area contributed by atoms with E-state index in [1.54, 1.807) is 23.7 Å². The van der Waals surface area contributed by atoms with Crippen molar-refractivity contribution in [2.45, 2.75) is 6.54 Å². The highest BCUT2D eigenvalue weighted by Crippen LogP contribution is 2.08. The molecule has 0 fully saturated rings. The molecule has 0 saturated heterocycles. The number of aromatic nitrogens is 2. The molecule has 0 radical (unpaired) electrons. The van der Waals surface area contributed by atoms with Crippen molar-refractivity contribution in [3.8, 4) is 0 Å². The minimum atomic E-state index is 0.478. The molecule has 0 aromatic carbocycles. The molecular formula is C9H8N2OS. The van der Waals surface area contributed by atoms with Crippen molar-refractivity contribution in [2.75, 3.05) is 0 Å². The normalized spacial score (nSPS) is 10.2. The van der Waals surface area contributed by atoms with Gasteiger partial charge in [0.05, 0.1) is 0 Å². The number of nitrogens with zero attached hydrogens (tertiary/aromatic N) is 2. The Bertz CT molecular complexity index is 391. The van der Waals surface area contributed by atoms with E-state index in [1.165, 1.54) is 5.56 Å². The average Bonchev–Trinajstić information content (AvgIpc) is 2.76. The third kappa shape index (κ3) is 1.67. The number of carbonyl (C=O) groups is 1. The van der Waals surface area contributed by atoms with Gasteiger partial charge >= 0.3 is 0 Å². The number of thiophene rings is 1. The Balaban J connectivity index is 2.23. The van der Waals surface area contributed by atoms with Crippen molar-refractivity contribution in [1.29, 1.82) is 0 Å². The van der Waals surface area contributed by atoms with E-state index in [9.17, 15) is 4.79 Å². The number of imidazole rings is 1. The van der Waals surface area contributed by atoms with Gasteiger partial charge in [0.2, 0.25) is 0 Å². The van der Waals surface area contributed by atoms with E-state index in [1.807, 2.05) is 16.0 Å². The molecule has 0 N–H and O–H groups in total. The van der Waals surface area contributed by atoms with Crippen LogP contribution in [0.25, 0.3) is 0 Å². The number of aldehydes is 1. The summed E-state index contributed by atoms with van der Waals surface area (Å²) >= 11 is 1.65. The van der Waals surface area contributed by atoms with Gasteiger partial charge < -0.3 is 4.57 Å². The number of carbonyl (C=O) groups excluding carboxylic acids is 1. The van der Waals surface area contributed by atoms with E-state index in [4.69, 9.17) is 0 Å². The van der Waals surface area contributed by atoms with Crippen molar-refractivity contribution < 1.29 is 4.79 Å². The molecule has 13 heavy (non-hydrogen) atoms. The van der Waals surface area contributed by atoms with E-state index in [2.05, 4.69) is 10.4 Å². The first-order valence-corrected chi connectivity index (χ1v) is 4.82. The van der Waals surface area contributed by atoms with Gasteiger partial charge in [0.1, 0.15) is 0 Å². The van der Waals surface area contributed by atoms with Crippen LogP contribution < -0.4 is 0 Å². The lowest BCUT2D eigenvalue weighted by atomic mass is 10.3. The Morgan fingerprint density at radius 1 is 1.62 bits per heavy atom. The molecule has 0 aliphatic rings. The van der Waals surface area contributed by atoms with Crippen LogP contribution in [0.3, 0.4) is 0 Å². The SMILES string of the molecule is O=Cc1nccn1Cc1ccsc1. The number of rotatable bonds is 3. The first-order valence-electron chi connectivity index (χ1n) is 3.87. The molecule has 4 heteroatoms. The maximum Gasteiger partial charge on any atom is 0.185 e. The number of hydrogen-bond donors (Lipinski definition) is 0. The molecule has 0 aliphatic heterocycles. The van der Waals surface area contributed by atoms with E-state index in [-0.39, 0.29) is 0 Å². The van der Waals surface area contributed by atoms with Crippen molar-refractivity contribution in [3.63, 3.8) is 0 Å². The van der Waals surface area contributed by atoms with E-state index < -0.39 is 0 Å². The van der Waals surface area contributed by atoms with Crippen LogP contribution in [-0.4, -0.2) is 15.8 Å². The van der Waals surface area contributed by atoms with Crippen LogP contribution in [0.4, 0.5) is 0 Å². The van der Waals surface area contributed by atoms with E-state index in [0.717, 1.165) is 12.8 Å². The van der Waals surface area contributed by atoms with Crippen LogP contribution in [0.5, 0.6) is 0 Å². The lowest BCUT2D eigenvalue weighted by Crippen LogP contribution is -2.02. The van der Waals surface area contributed by atoms with Gasteiger partial charge in [-0.3, -0.25) is 4.79 Å². The Morgan fingerprint density at radius 3 is 3.23 bits per heavy atom. The number of hydrogen-bond acceptors (Lipinski definition) is 3. The molecule has 2 heterocycles. The maximum absolute atomic E-state index is 10.5. The summed E-state index contributed by atoms with van der Waals surface area (Å²) in [6.07, 6.45) is 4.21. The van der Waals surface area contributed by atoms with Crippen molar-refractivity contribution in [2.24, 2.45) is 0 Å². The fraction of sp³-hybridized carbons (Fsp3) is 0.111. The second kappa shape index (κ2) is 3.53. The smallest absolute Gasteiger partial charge is 0.185 e. The first kappa shape index (κ1) is 8.19. The summed E-state index contributed by atoms with van der Waals surface area (Å²) in [6.45, 7) is 0.720. The summed E-state index contributed by atoms with van der Waals surface area (Å²) in [5.41, 5.74) is 1.20. The quantitative estimate of drug-likeness (QED) is 0.695. The van der Waals surface area contributed by atoms with Crippen LogP contribution in [0.15, 0.2) is 29.2 Å². The van der Waals surface area contributed by atoms with Crippen LogP contribution in [0, 0.1) is 0 Å². The molecule has 0 unspecified atom stereocenters. The highest BCUT2D eigenvalue weighted by molar-refractivity contribution is 7.07. The minimum absolute atomic E-state index is 0.478. The second-order valence-corrected chi connectivity index (χ2v) is 3.44. The lowest BCUT2D eigenvalue weighted by molar-refractivity contribution is 0.111. The third-order valence-corrected chi connectivity index (χ3v) is 2.52. The molecule has 0 bridgehead atoms. The summed E-state index contributed by atoms with van der Waals surface area (Å²) in [5.74, 6) is 0.478. The summed E-state index contributed by atoms with van der Waals surface area (Å²) < 4.78 is 1.83. The Kier molecular flexibility index (Phi) is 2.23. The molecule has 2 aromatic rings. The van der Waals surface area contributed by atoms with Crippen molar-refractivity contribution >= 4 is 17.6 Å². The molecule has 0 aliphatic carbocycles. The Hall–Kier alpha value is -1.42. The van der Waals surface area contributed by atoms with Gasteiger partial charge in [0.25, 0.3) is 0 Å². The second-order valence-electron chi connectivity index (χ2n) is 2.66. The fourth-order valence-corrected chi connectivity index (χ4v) is 1.81. The van der Waals surface area contributed by atoms with Crippen LogP contribution in [0.1, 0.15) is 16.2 Å². The molecular weight excluding hydrogens is 184 g/mol. The average molecular weight is 192 g/mol. The zero-order valence-corrected chi connectivity index (χ0v) is 7.70. The van der Waals surface area contributed by atoms with Gasteiger partial charge in [-0.1, -0.05) is 0 Å². The third-order valence-electron chi connectivity index (χ3n) is 1.79. The van der Waals surface area contributed by atoms with Crippen molar-refractivity contribution in [3.05, 3.63) is 40.6 Å². The largest absolute Gasteiger partial charge is 0.324 e. The minimum Gasteiger partial charge on any atom is -0.324 e. The highest BCUT2D eigenvalue weighted by atomic mass is 32.1. The molecule has 0 amide bonds. The topological polar surface area (TPSA) is 34.9 Å². The standard InChI is InChI=1S/C9H8N2OS/c12-6-9-10-2-3-11(9)5-8-1-4-13-7-8/h1-4,6-7H,5H2. The van der Waals surface area contributed by atoms with Gasteiger partial charge in [0.15, 0.2) is 12.1 Å². The first-order chi connectivity index (χ1) is 6.40. The summed E-state index contributed by atoms with van der Waals surface area (Å²) in [4.78, 5) is 14.4. The molecule has 3 nitrogen and oxygen atoms in total. The van der Waals surface area contributed by atoms with Crippen molar-refractivity contribution in [1.82, 2.24) is 9.55 Å². The highest BCUT2D eigenvalue weighted by Gasteiger charge is 2.01. The van der Waals surface area contributed by atoms with E-state index in [0.29, 0.717) is 5.82 Å². The van der Waals surface area contributed by atoms with Gasteiger partial charge in [-0.25, -0.2) is 4.98 Å². The summed E-state index contributed by atoms with van der Waals surface area (Å²) in [7, 11) is 0. The monoisotopic (exact) mass is 192 g/mol.